The van der Waals surface area contributed by atoms with E-state index in [1.54, 1.807) is 24.3 Å². The molecule has 0 amide bonds. The average Bonchev–Trinajstić information content (AvgIpc) is 2.17. The van der Waals surface area contributed by atoms with E-state index >= 15 is 0 Å². The molecular formula is C9H9NO2. The first-order valence-electron chi connectivity index (χ1n) is 3.47. The van der Waals surface area contributed by atoms with Gasteiger partial charge in [0.2, 0.25) is 0 Å². The van der Waals surface area contributed by atoms with E-state index in [9.17, 15) is 4.79 Å². The minimum absolute atomic E-state index is 0.376. The summed E-state index contributed by atoms with van der Waals surface area (Å²) >= 11 is 0. The molecule has 0 saturated heterocycles. The van der Waals surface area contributed by atoms with Crippen molar-refractivity contribution in [3.05, 3.63) is 35.4 Å². The third-order valence-electron chi connectivity index (χ3n) is 1.47. The third-order valence-corrected chi connectivity index (χ3v) is 1.47. The van der Waals surface area contributed by atoms with Gasteiger partial charge < -0.3 is 10.1 Å². The molecule has 0 fully saturated rings. The molecule has 0 unspecified atom stereocenters. The highest BCUT2D eigenvalue weighted by atomic mass is 16.5. The molecular weight excluding hydrogens is 154 g/mol. The quantitative estimate of drug-likeness (QED) is 0.530. The maximum atomic E-state index is 11.0. The molecule has 0 spiro atoms. The summed E-state index contributed by atoms with van der Waals surface area (Å²) < 4.78 is 4.52. The van der Waals surface area contributed by atoms with E-state index < -0.39 is 0 Å². The molecule has 1 aromatic carbocycles. The zero-order valence-electron chi connectivity index (χ0n) is 6.70. The van der Waals surface area contributed by atoms with E-state index in [4.69, 9.17) is 5.41 Å². The van der Waals surface area contributed by atoms with Crippen LogP contribution in [0, 0.1) is 5.41 Å². The standard InChI is InChI=1S/C9H9NO2/c1-12-9(11)8-4-2-3-7(5-8)6-10/h2-6,10H,1H3. The molecule has 0 aliphatic rings. The molecule has 0 saturated carbocycles. The van der Waals surface area contributed by atoms with Gasteiger partial charge in [0.15, 0.2) is 0 Å². The van der Waals surface area contributed by atoms with Crippen LogP contribution in [-0.4, -0.2) is 19.3 Å². The molecule has 3 nitrogen and oxygen atoms in total. The molecule has 0 bridgehead atoms. The van der Waals surface area contributed by atoms with Crippen molar-refractivity contribution in [1.29, 1.82) is 5.41 Å². The first-order valence-corrected chi connectivity index (χ1v) is 3.47. The lowest BCUT2D eigenvalue weighted by Gasteiger charge is -1.98. The summed E-state index contributed by atoms with van der Waals surface area (Å²) in [5, 5.41) is 6.96. The first-order chi connectivity index (χ1) is 5.77. The number of benzene rings is 1. The van der Waals surface area contributed by atoms with Gasteiger partial charge >= 0.3 is 5.97 Å². The fourth-order valence-electron chi connectivity index (χ4n) is 0.873. The Morgan fingerprint density at radius 3 is 2.92 bits per heavy atom. The van der Waals surface area contributed by atoms with E-state index in [1.807, 2.05) is 0 Å². The molecule has 0 aromatic heterocycles. The average molecular weight is 163 g/mol. The molecule has 1 rings (SSSR count). The van der Waals surface area contributed by atoms with Gasteiger partial charge in [-0.1, -0.05) is 12.1 Å². The second-order valence-electron chi connectivity index (χ2n) is 2.26. The Morgan fingerprint density at radius 1 is 1.58 bits per heavy atom. The second kappa shape index (κ2) is 3.67. The van der Waals surface area contributed by atoms with E-state index in [0.717, 1.165) is 0 Å². The Morgan fingerprint density at radius 2 is 2.33 bits per heavy atom. The smallest absolute Gasteiger partial charge is 0.337 e. The minimum Gasteiger partial charge on any atom is -0.465 e. The molecule has 1 aromatic rings. The van der Waals surface area contributed by atoms with Gasteiger partial charge in [-0.3, -0.25) is 0 Å². The first kappa shape index (κ1) is 8.46. The van der Waals surface area contributed by atoms with Crippen LogP contribution in [0.1, 0.15) is 15.9 Å². The van der Waals surface area contributed by atoms with Gasteiger partial charge in [-0.15, -0.1) is 0 Å². The van der Waals surface area contributed by atoms with Gasteiger partial charge in [0, 0.05) is 6.21 Å². The largest absolute Gasteiger partial charge is 0.465 e. The van der Waals surface area contributed by atoms with Crippen molar-refractivity contribution in [3.8, 4) is 0 Å². The van der Waals surface area contributed by atoms with Crippen LogP contribution in [0.15, 0.2) is 24.3 Å². The Kier molecular flexibility index (Phi) is 2.58. The summed E-state index contributed by atoms with van der Waals surface area (Å²) in [7, 11) is 1.33. The number of ether oxygens (including phenoxy) is 1. The maximum Gasteiger partial charge on any atom is 0.337 e. The van der Waals surface area contributed by atoms with Crippen molar-refractivity contribution in [2.75, 3.05) is 7.11 Å². The van der Waals surface area contributed by atoms with Gasteiger partial charge in [0.05, 0.1) is 12.7 Å². The second-order valence-corrected chi connectivity index (χ2v) is 2.26. The van der Waals surface area contributed by atoms with Crippen LogP contribution in [0.3, 0.4) is 0 Å². The number of hydrogen-bond acceptors (Lipinski definition) is 3. The van der Waals surface area contributed by atoms with Crippen molar-refractivity contribution >= 4 is 12.2 Å². The van der Waals surface area contributed by atoms with Crippen LogP contribution in [-0.2, 0) is 4.74 Å². The molecule has 62 valence electrons. The Hall–Kier alpha value is -1.64. The highest BCUT2D eigenvalue weighted by Gasteiger charge is 2.03. The zero-order valence-corrected chi connectivity index (χ0v) is 6.70. The molecule has 0 heterocycles. The zero-order chi connectivity index (χ0) is 8.97. The summed E-state index contributed by atoms with van der Waals surface area (Å²) in [6.07, 6.45) is 1.19. The summed E-state index contributed by atoms with van der Waals surface area (Å²) in [4.78, 5) is 11.0. The van der Waals surface area contributed by atoms with Crippen LogP contribution in [0.2, 0.25) is 0 Å². The van der Waals surface area contributed by atoms with E-state index in [-0.39, 0.29) is 5.97 Å². The molecule has 0 atom stereocenters. The predicted molar refractivity (Wildman–Crippen MR) is 45.7 cm³/mol. The fraction of sp³-hybridized carbons (Fsp3) is 0.111. The van der Waals surface area contributed by atoms with Crippen LogP contribution in [0.4, 0.5) is 0 Å². The summed E-state index contributed by atoms with van der Waals surface area (Å²) in [6, 6.07) is 6.73. The fourth-order valence-corrected chi connectivity index (χ4v) is 0.873. The normalized spacial score (nSPS) is 9.08. The number of esters is 1. The molecule has 0 aliphatic carbocycles. The lowest BCUT2D eigenvalue weighted by Crippen LogP contribution is -2.01. The van der Waals surface area contributed by atoms with Gasteiger partial charge in [0.25, 0.3) is 0 Å². The highest BCUT2D eigenvalue weighted by Crippen LogP contribution is 2.03. The van der Waals surface area contributed by atoms with E-state index in [2.05, 4.69) is 4.74 Å². The number of nitrogens with one attached hydrogen (secondary N) is 1. The molecule has 3 heteroatoms. The summed E-state index contributed by atoms with van der Waals surface area (Å²) in [5.41, 5.74) is 1.16. The Labute approximate surface area is 70.5 Å². The van der Waals surface area contributed by atoms with Crippen molar-refractivity contribution in [3.63, 3.8) is 0 Å². The van der Waals surface area contributed by atoms with Gasteiger partial charge in [-0.05, 0) is 17.7 Å². The lowest BCUT2D eigenvalue weighted by molar-refractivity contribution is 0.0600. The molecule has 0 radical (unpaired) electrons. The van der Waals surface area contributed by atoms with Crippen molar-refractivity contribution in [2.24, 2.45) is 0 Å². The van der Waals surface area contributed by atoms with Crippen molar-refractivity contribution in [2.45, 2.75) is 0 Å². The number of rotatable bonds is 2. The van der Waals surface area contributed by atoms with Gasteiger partial charge in [0.1, 0.15) is 0 Å². The Balaban J connectivity index is 3.01. The summed E-state index contributed by atoms with van der Waals surface area (Å²) in [5.74, 6) is -0.376. The number of carbonyl (C=O) groups excluding carboxylic acids is 1. The van der Waals surface area contributed by atoms with Crippen LogP contribution >= 0.6 is 0 Å². The van der Waals surface area contributed by atoms with Gasteiger partial charge in [-0.2, -0.15) is 0 Å². The van der Waals surface area contributed by atoms with E-state index in [1.165, 1.54) is 13.3 Å². The predicted octanol–water partition coefficient (Wildman–Crippen LogP) is 1.47. The third kappa shape index (κ3) is 1.69. The lowest BCUT2D eigenvalue weighted by atomic mass is 10.1. The number of hydrogen-bond donors (Lipinski definition) is 1. The van der Waals surface area contributed by atoms with Gasteiger partial charge in [-0.25, -0.2) is 4.79 Å². The highest BCUT2D eigenvalue weighted by molar-refractivity contribution is 5.91. The minimum atomic E-state index is -0.376. The number of carbonyl (C=O) groups is 1. The molecule has 0 aliphatic heterocycles. The van der Waals surface area contributed by atoms with E-state index in [0.29, 0.717) is 11.1 Å². The topological polar surface area (TPSA) is 50.2 Å². The Bertz CT molecular complexity index is 307. The van der Waals surface area contributed by atoms with Crippen LogP contribution in [0.5, 0.6) is 0 Å². The monoisotopic (exact) mass is 163 g/mol. The maximum absolute atomic E-state index is 11.0. The van der Waals surface area contributed by atoms with Crippen molar-refractivity contribution in [1.82, 2.24) is 0 Å². The van der Waals surface area contributed by atoms with Crippen LogP contribution in [0.25, 0.3) is 0 Å². The number of methoxy groups -OCH3 is 1. The SMILES string of the molecule is COC(=O)c1cccc(C=N)c1. The van der Waals surface area contributed by atoms with Crippen LogP contribution < -0.4 is 0 Å². The molecule has 1 N–H and O–H groups in total. The van der Waals surface area contributed by atoms with Crippen molar-refractivity contribution < 1.29 is 9.53 Å². The summed E-state index contributed by atoms with van der Waals surface area (Å²) in [6.45, 7) is 0. The molecule has 12 heavy (non-hydrogen) atoms.